The SMILES string of the molecule is CCCOC[C@@H]1C[C@H](CNSc2ccccc2[N+](=O)[O-])N1. The molecule has 0 radical (unpaired) electrons. The number of para-hydroxylation sites is 1. The molecular formula is C14H21N3O3S. The Hall–Kier alpha value is -1.15. The van der Waals surface area contributed by atoms with Gasteiger partial charge >= 0.3 is 0 Å². The molecule has 2 atom stereocenters. The molecule has 1 aliphatic rings. The van der Waals surface area contributed by atoms with Gasteiger partial charge in [0.05, 0.1) is 11.5 Å². The standard InChI is InChI=1S/C14H21N3O3S/c1-2-7-20-10-12-8-11(16-12)9-15-21-14-6-4-3-5-13(14)17(18)19/h3-6,11-12,15-16H,2,7-10H2,1H3/t11-,12+/m1/s1. The maximum absolute atomic E-state index is 10.9. The number of hydrogen-bond acceptors (Lipinski definition) is 6. The lowest BCUT2D eigenvalue weighted by Crippen LogP contribution is -2.57. The van der Waals surface area contributed by atoms with Crippen LogP contribution >= 0.6 is 11.9 Å². The van der Waals surface area contributed by atoms with Crippen LogP contribution in [0.2, 0.25) is 0 Å². The minimum absolute atomic E-state index is 0.141. The number of rotatable bonds is 9. The zero-order valence-corrected chi connectivity index (χ0v) is 12.9. The summed E-state index contributed by atoms with van der Waals surface area (Å²) in [7, 11) is 0. The average Bonchev–Trinajstić information content (AvgIpc) is 2.44. The van der Waals surface area contributed by atoms with Crippen molar-refractivity contribution in [3.63, 3.8) is 0 Å². The van der Waals surface area contributed by atoms with Crippen molar-refractivity contribution in [2.45, 2.75) is 36.7 Å². The van der Waals surface area contributed by atoms with Crippen LogP contribution in [0.5, 0.6) is 0 Å². The molecule has 1 fully saturated rings. The zero-order chi connectivity index (χ0) is 15.1. The predicted octanol–water partition coefficient (Wildman–Crippen LogP) is 2.35. The molecule has 1 aromatic rings. The highest BCUT2D eigenvalue weighted by atomic mass is 32.2. The van der Waals surface area contributed by atoms with Crippen LogP contribution in [0, 0.1) is 10.1 Å². The molecule has 116 valence electrons. The lowest BCUT2D eigenvalue weighted by molar-refractivity contribution is -0.387. The molecule has 0 bridgehead atoms. The summed E-state index contributed by atoms with van der Waals surface area (Å²) in [5.74, 6) is 0. The molecule has 0 aromatic heterocycles. The molecule has 1 saturated heterocycles. The summed E-state index contributed by atoms with van der Waals surface area (Å²) in [5.41, 5.74) is 0.141. The second-order valence-electron chi connectivity index (χ2n) is 5.05. The first-order valence-electron chi connectivity index (χ1n) is 7.17. The van der Waals surface area contributed by atoms with Gasteiger partial charge in [0.15, 0.2) is 0 Å². The molecule has 2 rings (SSSR count). The fourth-order valence-electron chi connectivity index (χ4n) is 2.20. The van der Waals surface area contributed by atoms with Crippen molar-refractivity contribution in [2.24, 2.45) is 0 Å². The molecule has 0 unspecified atom stereocenters. The van der Waals surface area contributed by atoms with E-state index in [2.05, 4.69) is 17.0 Å². The van der Waals surface area contributed by atoms with Gasteiger partial charge in [-0.1, -0.05) is 19.1 Å². The Morgan fingerprint density at radius 1 is 1.48 bits per heavy atom. The van der Waals surface area contributed by atoms with E-state index in [0.29, 0.717) is 17.0 Å². The molecule has 21 heavy (non-hydrogen) atoms. The highest BCUT2D eigenvalue weighted by molar-refractivity contribution is 7.97. The van der Waals surface area contributed by atoms with Crippen LogP contribution in [-0.4, -0.2) is 36.8 Å². The Bertz CT molecular complexity index is 467. The summed E-state index contributed by atoms with van der Waals surface area (Å²) in [4.78, 5) is 11.2. The third-order valence-corrected chi connectivity index (χ3v) is 4.16. The van der Waals surface area contributed by atoms with E-state index >= 15 is 0 Å². The minimum atomic E-state index is -0.354. The summed E-state index contributed by atoms with van der Waals surface area (Å²) in [5, 5.41) is 14.3. The van der Waals surface area contributed by atoms with E-state index in [1.54, 1.807) is 18.2 Å². The first kappa shape index (κ1) is 16.2. The molecule has 1 aromatic carbocycles. The second kappa shape index (κ2) is 8.33. The molecule has 7 heteroatoms. The quantitative estimate of drug-likeness (QED) is 0.315. The Labute approximate surface area is 128 Å². The number of nitro benzene ring substituents is 1. The van der Waals surface area contributed by atoms with Gasteiger partial charge in [-0.3, -0.25) is 14.8 Å². The van der Waals surface area contributed by atoms with E-state index in [1.807, 2.05) is 0 Å². The maximum Gasteiger partial charge on any atom is 0.284 e. The lowest BCUT2D eigenvalue weighted by Gasteiger charge is -2.37. The monoisotopic (exact) mass is 311 g/mol. The normalized spacial score (nSPS) is 21.0. The number of ether oxygens (including phenoxy) is 1. The first-order valence-corrected chi connectivity index (χ1v) is 7.99. The van der Waals surface area contributed by atoms with Crippen molar-refractivity contribution < 1.29 is 9.66 Å². The number of benzene rings is 1. The van der Waals surface area contributed by atoms with Crippen LogP contribution in [-0.2, 0) is 4.74 Å². The molecule has 6 nitrogen and oxygen atoms in total. The van der Waals surface area contributed by atoms with Crippen LogP contribution < -0.4 is 10.0 Å². The molecular weight excluding hydrogens is 290 g/mol. The van der Waals surface area contributed by atoms with Gasteiger partial charge in [-0.05, 0) is 30.9 Å². The summed E-state index contributed by atoms with van der Waals surface area (Å²) in [6.45, 7) is 4.46. The maximum atomic E-state index is 10.9. The number of hydrogen-bond donors (Lipinski definition) is 2. The average molecular weight is 311 g/mol. The van der Waals surface area contributed by atoms with E-state index < -0.39 is 0 Å². The topological polar surface area (TPSA) is 76.4 Å². The van der Waals surface area contributed by atoms with Gasteiger partial charge in [0, 0.05) is 31.3 Å². The fraction of sp³-hybridized carbons (Fsp3) is 0.571. The van der Waals surface area contributed by atoms with Gasteiger partial charge in [0.1, 0.15) is 4.90 Å². The zero-order valence-electron chi connectivity index (χ0n) is 12.1. The van der Waals surface area contributed by atoms with Crippen molar-refractivity contribution in [2.75, 3.05) is 19.8 Å². The number of nitro groups is 1. The Morgan fingerprint density at radius 2 is 2.24 bits per heavy atom. The largest absolute Gasteiger partial charge is 0.380 e. The van der Waals surface area contributed by atoms with E-state index in [9.17, 15) is 10.1 Å². The Kier molecular flexibility index (Phi) is 6.44. The Morgan fingerprint density at radius 3 is 2.95 bits per heavy atom. The van der Waals surface area contributed by atoms with Crippen molar-refractivity contribution in [3.8, 4) is 0 Å². The van der Waals surface area contributed by atoms with Crippen LogP contribution in [0.1, 0.15) is 19.8 Å². The van der Waals surface area contributed by atoms with Gasteiger partial charge < -0.3 is 10.1 Å². The third kappa shape index (κ3) is 4.96. The van der Waals surface area contributed by atoms with Gasteiger partial charge in [-0.15, -0.1) is 0 Å². The molecule has 1 heterocycles. The molecule has 0 saturated carbocycles. The van der Waals surface area contributed by atoms with Crippen molar-refractivity contribution in [3.05, 3.63) is 34.4 Å². The molecule has 2 N–H and O–H groups in total. The molecule has 0 spiro atoms. The van der Waals surface area contributed by atoms with E-state index in [0.717, 1.165) is 32.6 Å². The molecule has 0 amide bonds. The summed E-state index contributed by atoms with van der Waals surface area (Å²) < 4.78 is 8.68. The molecule has 0 aliphatic carbocycles. The summed E-state index contributed by atoms with van der Waals surface area (Å²) in [6, 6.07) is 7.61. The highest BCUT2D eigenvalue weighted by Gasteiger charge is 2.27. The van der Waals surface area contributed by atoms with E-state index in [1.165, 1.54) is 18.0 Å². The van der Waals surface area contributed by atoms with E-state index in [4.69, 9.17) is 4.74 Å². The Balaban J connectivity index is 1.64. The second-order valence-corrected chi connectivity index (χ2v) is 5.98. The van der Waals surface area contributed by atoms with Crippen LogP contribution in [0.15, 0.2) is 29.2 Å². The third-order valence-electron chi connectivity index (χ3n) is 3.28. The predicted molar refractivity (Wildman–Crippen MR) is 83.4 cm³/mol. The summed E-state index contributed by atoms with van der Waals surface area (Å²) >= 11 is 1.31. The highest BCUT2D eigenvalue weighted by Crippen LogP contribution is 2.26. The van der Waals surface area contributed by atoms with E-state index in [-0.39, 0.29) is 10.6 Å². The number of nitrogens with one attached hydrogen (secondary N) is 2. The fourth-order valence-corrected chi connectivity index (χ4v) is 3.03. The molecule has 1 aliphatic heterocycles. The van der Waals surface area contributed by atoms with Gasteiger partial charge in [-0.25, -0.2) is 0 Å². The summed E-state index contributed by atoms with van der Waals surface area (Å²) in [6.07, 6.45) is 2.12. The van der Waals surface area contributed by atoms with Crippen molar-refractivity contribution in [1.29, 1.82) is 0 Å². The van der Waals surface area contributed by atoms with Crippen LogP contribution in [0.3, 0.4) is 0 Å². The van der Waals surface area contributed by atoms with Gasteiger partial charge in [-0.2, -0.15) is 0 Å². The smallest absolute Gasteiger partial charge is 0.284 e. The van der Waals surface area contributed by atoms with Crippen LogP contribution in [0.4, 0.5) is 5.69 Å². The van der Waals surface area contributed by atoms with Gasteiger partial charge in [0.2, 0.25) is 0 Å². The number of nitrogens with zero attached hydrogens (tertiary/aromatic N) is 1. The van der Waals surface area contributed by atoms with Gasteiger partial charge in [0.25, 0.3) is 5.69 Å². The van der Waals surface area contributed by atoms with Crippen molar-refractivity contribution in [1.82, 2.24) is 10.0 Å². The first-order chi connectivity index (χ1) is 10.2. The van der Waals surface area contributed by atoms with Crippen molar-refractivity contribution >= 4 is 17.6 Å². The lowest BCUT2D eigenvalue weighted by atomic mass is 9.98. The minimum Gasteiger partial charge on any atom is -0.380 e. The van der Waals surface area contributed by atoms with Crippen LogP contribution in [0.25, 0.3) is 0 Å².